The van der Waals surface area contributed by atoms with Gasteiger partial charge in [0.15, 0.2) is 0 Å². The Balaban J connectivity index is 1.88. The number of hydrogen-bond acceptors (Lipinski definition) is 2. The number of ether oxygens (including phenoxy) is 1. The van der Waals surface area contributed by atoms with E-state index in [0.717, 1.165) is 25.9 Å². The second-order valence-corrected chi connectivity index (χ2v) is 4.66. The van der Waals surface area contributed by atoms with Gasteiger partial charge >= 0.3 is 0 Å². The van der Waals surface area contributed by atoms with Gasteiger partial charge in [0, 0.05) is 18.7 Å². The number of rotatable bonds is 3. The monoisotopic (exact) mass is 251 g/mol. The Morgan fingerprint density at radius 3 is 3.00 bits per heavy atom. The van der Waals surface area contributed by atoms with Crippen molar-refractivity contribution in [3.63, 3.8) is 0 Å². The van der Waals surface area contributed by atoms with Gasteiger partial charge in [-0.1, -0.05) is 0 Å². The summed E-state index contributed by atoms with van der Waals surface area (Å²) in [7, 11) is 0. The molecule has 0 radical (unpaired) electrons. The molecule has 98 valence electrons. The molecule has 18 heavy (non-hydrogen) atoms. The number of benzene rings is 1. The lowest BCUT2D eigenvalue weighted by molar-refractivity contribution is 0.0169. The van der Waals surface area contributed by atoms with Crippen LogP contribution in [-0.2, 0) is 4.74 Å². The molecule has 1 saturated heterocycles. The van der Waals surface area contributed by atoms with Gasteiger partial charge in [-0.15, -0.1) is 0 Å². The minimum absolute atomic E-state index is 0.115. The lowest BCUT2D eigenvalue weighted by Gasteiger charge is -2.22. The van der Waals surface area contributed by atoms with E-state index in [9.17, 15) is 9.18 Å². The highest BCUT2D eigenvalue weighted by molar-refractivity contribution is 5.94. The van der Waals surface area contributed by atoms with E-state index >= 15 is 0 Å². The molecule has 1 aliphatic heterocycles. The summed E-state index contributed by atoms with van der Waals surface area (Å²) in [5.41, 5.74) is 0.973. The summed E-state index contributed by atoms with van der Waals surface area (Å²) in [4.78, 5) is 11.9. The molecular formula is C14H18FNO2. The molecule has 0 spiro atoms. The molecule has 2 rings (SSSR count). The molecular weight excluding hydrogens is 233 g/mol. The van der Waals surface area contributed by atoms with Crippen LogP contribution in [-0.4, -0.2) is 25.2 Å². The van der Waals surface area contributed by atoms with Crippen LogP contribution in [0, 0.1) is 12.7 Å². The van der Waals surface area contributed by atoms with E-state index in [-0.39, 0.29) is 17.8 Å². The van der Waals surface area contributed by atoms with Gasteiger partial charge in [0.05, 0.1) is 6.10 Å². The second-order valence-electron chi connectivity index (χ2n) is 4.66. The number of halogens is 1. The smallest absolute Gasteiger partial charge is 0.251 e. The molecule has 1 aliphatic rings. The first kappa shape index (κ1) is 13.0. The zero-order valence-corrected chi connectivity index (χ0v) is 10.5. The van der Waals surface area contributed by atoms with E-state index in [0.29, 0.717) is 17.7 Å². The van der Waals surface area contributed by atoms with Crippen LogP contribution >= 0.6 is 0 Å². The summed E-state index contributed by atoms with van der Waals surface area (Å²) >= 11 is 0. The van der Waals surface area contributed by atoms with E-state index < -0.39 is 0 Å². The first-order valence-electron chi connectivity index (χ1n) is 6.33. The third kappa shape index (κ3) is 3.29. The van der Waals surface area contributed by atoms with Crippen molar-refractivity contribution >= 4 is 5.91 Å². The zero-order chi connectivity index (χ0) is 13.0. The van der Waals surface area contributed by atoms with Gasteiger partial charge in [-0.05, 0) is 49.9 Å². The molecule has 1 unspecified atom stereocenters. The first-order chi connectivity index (χ1) is 8.66. The van der Waals surface area contributed by atoms with Crippen molar-refractivity contribution in [3.8, 4) is 0 Å². The Morgan fingerprint density at radius 1 is 1.50 bits per heavy atom. The highest BCUT2D eigenvalue weighted by Gasteiger charge is 2.15. The van der Waals surface area contributed by atoms with Crippen molar-refractivity contribution in [3.05, 3.63) is 35.1 Å². The molecule has 1 atom stereocenters. The largest absolute Gasteiger partial charge is 0.376 e. The van der Waals surface area contributed by atoms with Crippen molar-refractivity contribution in [1.82, 2.24) is 5.32 Å². The molecule has 0 aromatic heterocycles. The predicted molar refractivity (Wildman–Crippen MR) is 67.1 cm³/mol. The van der Waals surface area contributed by atoms with E-state index in [1.54, 1.807) is 13.0 Å². The molecule has 0 bridgehead atoms. The van der Waals surface area contributed by atoms with Crippen molar-refractivity contribution < 1.29 is 13.9 Å². The average Bonchev–Trinajstić information content (AvgIpc) is 2.40. The topological polar surface area (TPSA) is 38.3 Å². The molecule has 1 N–H and O–H groups in total. The van der Waals surface area contributed by atoms with Crippen LogP contribution in [0.25, 0.3) is 0 Å². The number of nitrogens with one attached hydrogen (secondary N) is 1. The lowest BCUT2D eigenvalue weighted by Crippen LogP contribution is -2.35. The molecule has 4 heteroatoms. The maximum Gasteiger partial charge on any atom is 0.251 e. The summed E-state index contributed by atoms with van der Waals surface area (Å²) in [5, 5.41) is 2.83. The van der Waals surface area contributed by atoms with E-state index in [1.807, 2.05) is 0 Å². The van der Waals surface area contributed by atoms with E-state index in [2.05, 4.69) is 5.32 Å². The summed E-state index contributed by atoms with van der Waals surface area (Å²) < 4.78 is 18.6. The Kier molecular flexibility index (Phi) is 4.31. The van der Waals surface area contributed by atoms with Crippen LogP contribution in [0.15, 0.2) is 18.2 Å². The number of hydrogen-bond donors (Lipinski definition) is 1. The Labute approximate surface area is 106 Å². The van der Waals surface area contributed by atoms with Crippen LogP contribution in [0.3, 0.4) is 0 Å². The Bertz CT molecular complexity index is 428. The second kappa shape index (κ2) is 5.96. The van der Waals surface area contributed by atoms with Gasteiger partial charge in [0.2, 0.25) is 0 Å². The minimum atomic E-state index is -0.290. The molecule has 3 nitrogen and oxygen atoms in total. The van der Waals surface area contributed by atoms with Crippen LogP contribution in [0.4, 0.5) is 4.39 Å². The fraction of sp³-hybridized carbons (Fsp3) is 0.500. The van der Waals surface area contributed by atoms with Crippen molar-refractivity contribution in [1.29, 1.82) is 0 Å². The summed E-state index contributed by atoms with van der Waals surface area (Å²) in [6.07, 6.45) is 3.35. The molecule has 1 aromatic carbocycles. The van der Waals surface area contributed by atoms with E-state index in [4.69, 9.17) is 4.74 Å². The van der Waals surface area contributed by atoms with Gasteiger partial charge < -0.3 is 10.1 Å². The number of amides is 1. The molecule has 1 aromatic rings. The van der Waals surface area contributed by atoms with Crippen molar-refractivity contribution in [2.24, 2.45) is 0 Å². The van der Waals surface area contributed by atoms with Crippen molar-refractivity contribution in [2.45, 2.75) is 32.3 Å². The van der Waals surface area contributed by atoms with Gasteiger partial charge in [0.1, 0.15) is 5.82 Å². The van der Waals surface area contributed by atoms with Crippen molar-refractivity contribution in [2.75, 3.05) is 13.2 Å². The molecule has 0 saturated carbocycles. The summed E-state index contributed by atoms with van der Waals surface area (Å²) in [6, 6.07) is 4.38. The third-order valence-electron chi connectivity index (χ3n) is 3.18. The number of aryl methyl sites for hydroxylation is 1. The first-order valence-corrected chi connectivity index (χ1v) is 6.33. The molecule has 1 amide bonds. The summed E-state index contributed by atoms with van der Waals surface area (Å²) in [5.74, 6) is -0.463. The third-order valence-corrected chi connectivity index (χ3v) is 3.18. The van der Waals surface area contributed by atoms with Gasteiger partial charge in [-0.3, -0.25) is 4.79 Å². The fourth-order valence-electron chi connectivity index (χ4n) is 2.06. The zero-order valence-electron chi connectivity index (χ0n) is 10.5. The maximum absolute atomic E-state index is 13.1. The van der Waals surface area contributed by atoms with Gasteiger partial charge in [-0.25, -0.2) is 4.39 Å². The standard InChI is InChI=1S/C14H18FNO2/c1-10-8-11(5-6-13(10)15)14(17)16-9-12-4-2-3-7-18-12/h5-6,8,12H,2-4,7,9H2,1H3,(H,16,17). The Hall–Kier alpha value is -1.42. The van der Waals surface area contributed by atoms with Crippen LogP contribution in [0.5, 0.6) is 0 Å². The molecule has 1 heterocycles. The van der Waals surface area contributed by atoms with Gasteiger partial charge in [0.25, 0.3) is 5.91 Å². The normalized spacial score (nSPS) is 19.6. The lowest BCUT2D eigenvalue weighted by atomic mass is 10.1. The minimum Gasteiger partial charge on any atom is -0.376 e. The van der Waals surface area contributed by atoms with Crippen LogP contribution in [0.1, 0.15) is 35.2 Å². The van der Waals surface area contributed by atoms with E-state index in [1.165, 1.54) is 12.1 Å². The highest BCUT2D eigenvalue weighted by atomic mass is 19.1. The Morgan fingerprint density at radius 2 is 2.33 bits per heavy atom. The SMILES string of the molecule is Cc1cc(C(=O)NCC2CCCCO2)ccc1F. The van der Waals surface area contributed by atoms with Crippen LogP contribution < -0.4 is 5.32 Å². The number of carbonyl (C=O) groups excluding carboxylic acids is 1. The van der Waals surface area contributed by atoms with Gasteiger partial charge in [-0.2, -0.15) is 0 Å². The molecule has 1 fully saturated rings. The quantitative estimate of drug-likeness (QED) is 0.896. The highest BCUT2D eigenvalue weighted by Crippen LogP contribution is 2.12. The maximum atomic E-state index is 13.1. The fourth-order valence-corrected chi connectivity index (χ4v) is 2.06. The number of carbonyl (C=O) groups is 1. The molecule has 0 aliphatic carbocycles. The predicted octanol–water partition coefficient (Wildman–Crippen LogP) is 2.43. The van der Waals surface area contributed by atoms with Crippen LogP contribution in [0.2, 0.25) is 0 Å². The average molecular weight is 251 g/mol. The summed E-state index contributed by atoms with van der Waals surface area (Å²) in [6.45, 7) is 2.95.